The maximum Gasteiger partial charge on any atom is 0.234 e. The number of nitrogens with one attached hydrogen (secondary N) is 1. The molecule has 0 saturated heterocycles. The molecule has 0 aliphatic heterocycles. The number of hydrogen-bond acceptors (Lipinski definition) is 5. The Morgan fingerprint density at radius 2 is 1.87 bits per heavy atom. The Kier molecular flexibility index (Phi) is 7.15. The van der Waals surface area contributed by atoms with E-state index in [1.807, 2.05) is 56.3 Å². The van der Waals surface area contributed by atoms with E-state index in [2.05, 4.69) is 33.9 Å². The molecule has 1 amide bonds. The molecule has 1 aromatic heterocycles. The Labute approximate surface area is 182 Å². The highest BCUT2D eigenvalue weighted by atomic mass is 32.2. The van der Waals surface area contributed by atoms with Crippen LogP contribution in [0.3, 0.4) is 0 Å². The molecule has 0 aliphatic rings. The van der Waals surface area contributed by atoms with Crippen LogP contribution in [0.25, 0.3) is 11.4 Å². The number of anilines is 1. The smallest absolute Gasteiger partial charge is 0.234 e. The summed E-state index contributed by atoms with van der Waals surface area (Å²) in [6.45, 7) is 9.08. The van der Waals surface area contributed by atoms with Gasteiger partial charge in [-0.1, -0.05) is 37.7 Å². The Hall–Kier alpha value is -2.80. The second kappa shape index (κ2) is 9.80. The largest absolute Gasteiger partial charge is 0.497 e. The minimum atomic E-state index is -0.0567. The minimum absolute atomic E-state index is 0.0567. The van der Waals surface area contributed by atoms with Crippen molar-refractivity contribution in [2.24, 2.45) is 5.92 Å². The van der Waals surface area contributed by atoms with Crippen molar-refractivity contribution < 1.29 is 9.53 Å². The van der Waals surface area contributed by atoms with Crippen LogP contribution >= 0.6 is 11.8 Å². The lowest BCUT2D eigenvalue weighted by molar-refractivity contribution is -0.113. The van der Waals surface area contributed by atoms with Crippen LogP contribution in [0, 0.1) is 19.8 Å². The fourth-order valence-corrected chi connectivity index (χ4v) is 3.81. The summed E-state index contributed by atoms with van der Waals surface area (Å²) in [5.41, 5.74) is 3.98. The van der Waals surface area contributed by atoms with Gasteiger partial charge in [0.15, 0.2) is 11.0 Å². The Morgan fingerprint density at radius 1 is 1.13 bits per heavy atom. The van der Waals surface area contributed by atoms with Crippen LogP contribution in [0.1, 0.15) is 25.0 Å². The van der Waals surface area contributed by atoms with E-state index in [-0.39, 0.29) is 11.7 Å². The van der Waals surface area contributed by atoms with Gasteiger partial charge in [0, 0.05) is 17.8 Å². The highest BCUT2D eigenvalue weighted by molar-refractivity contribution is 7.99. The molecule has 30 heavy (non-hydrogen) atoms. The molecule has 0 spiro atoms. The molecule has 158 valence electrons. The molecule has 3 rings (SSSR count). The zero-order valence-corrected chi connectivity index (χ0v) is 18.9. The van der Waals surface area contributed by atoms with E-state index in [0.717, 1.165) is 45.7 Å². The molecule has 6 nitrogen and oxygen atoms in total. The number of hydrogen-bond donors (Lipinski definition) is 1. The number of amides is 1. The number of aromatic nitrogens is 3. The van der Waals surface area contributed by atoms with Crippen molar-refractivity contribution in [2.75, 3.05) is 18.2 Å². The molecule has 1 N–H and O–H groups in total. The molecule has 0 aliphatic carbocycles. The number of nitrogens with zero attached hydrogens (tertiary/aromatic N) is 3. The predicted molar refractivity (Wildman–Crippen MR) is 122 cm³/mol. The molecule has 1 heterocycles. The summed E-state index contributed by atoms with van der Waals surface area (Å²) in [4.78, 5) is 12.5. The highest BCUT2D eigenvalue weighted by Gasteiger charge is 2.17. The van der Waals surface area contributed by atoms with Crippen molar-refractivity contribution in [2.45, 2.75) is 39.4 Å². The summed E-state index contributed by atoms with van der Waals surface area (Å²) >= 11 is 1.40. The van der Waals surface area contributed by atoms with E-state index in [9.17, 15) is 4.79 Å². The van der Waals surface area contributed by atoms with Crippen molar-refractivity contribution in [3.05, 3.63) is 53.6 Å². The van der Waals surface area contributed by atoms with Crippen molar-refractivity contribution >= 4 is 23.4 Å². The Balaban J connectivity index is 1.75. The molecule has 0 unspecified atom stereocenters. The van der Waals surface area contributed by atoms with Crippen molar-refractivity contribution in [3.63, 3.8) is 0 Å². The number of rotatable bonds is 8. The summed E-state index contributed by atoms with van der Waals surface area (Å²) in [6, 6.07) is 13.8. The fraction of sp³-hybridized carbons (Fsp3) is 0.348. The molecule has 0 atom stereocenters. The zero-order valence-electron chi connectivity index (χ0n) is 18.1. The normalized spacial score (nSPS) is 11.0. The molecule has 0 fully saturated rings. The maximum atomic E-state index is 12.5. The van der Waals surface area contributed by atoms with E-state index in [1.54, 1.807) is 7.11 Å². The molecule has 7 heteroatoms. The van der Waals surface area contributed by atoms with Crippen LogP contribution in [0.2, 0.25) is 0 Å². The van der Waals surface area contributed by atoms with Crippen LogP contribution in [-0.2, 0) is 11.3 Å². The lowest BCUT2D eigenvalue weighted by Crippen LogP contribution is -2.16. The van der Waals surface area contributed by atoms with E-state index in [0.29, 0.717) is 5.92 Å². The van der Waals surface area contributed by atoms with Gasteiger partial charge >= 0.3 is 0 Å². The van der Waals surface area contributed by atoms with E-state index in [1.165, 1.54) is 11.8 Å². The summed E-state index contributed by atoms with van der Waals surface area (Å²) in [5.74, 6) is 2.22. The first kappa shape index (κ1) is 21.9. The number of thioether (sulfide) groups is 1. The first-order valence-electron chi connectivity index (χ1n) is 9.95. The van der Waals surface area contributed by atoms with Crippen LogP contribution in [-0.4, -0.2) is 33.5 Å². The molecular weight excluding hydrogens is 396 g/mol. The van der Waals surface area contributed by atoms with Crippen LogP contribution < -0.4 is 10.1 Å². The van der Waals surface area contributed by atoms with Crippen LogP contribution in [0.15, 0.2) is 47.6 Å². The first-order valence-corrected chi connectivity index (χ1v) is 10.9. The Bertz CT molecular complexity index is 1010. The van der Waals surface area contributed by atoms with E-state index >= 15 is 0 Å². The lowest BCUT2D eigenvalue weighted by Gasteiger charge is -2.13. The van der Waals surface area contributed by atoms with E-state index in [4.69, 9.17) is 4.74 Å². The predicted octanol–water partition coefficient (Wildman–Crippen LogP) is 4.96. The van der Waals surface area contributed by atoms with Gasteiger partial charge in [-0.3, -0.25) is 4.79 Å². The third-order valence-electron chi connectivity index (χ3n) is 4.61. The fourth-order valence-electron chi connectivity index (χ4n) is 3.07. The summed E-state index contributed by atoms with van der Waals surface area (Å²) in [6.07, 6.45) is 0. The van der Waals surface area contributed by atoms with Crippen molar-refractivity contribution in [1.29, 1.82) is 0 Å². The lowest BCUT2D eigenvalue weighted by atomic mass is 10.1. The van der Waals surface area contributed by atoms with Gasteiger partial charge in [0.2, 0.25) is 5.91 Å². The van der Waals surface area contributed by atoms with Gasteiger partial charge in [-0.05, 0) is 61.2 Å². The summed E-state index contributed by atoms with van der Waals surface area (Å²) in [7, 11) is 1.65. The van der Waals surface area contributed by atoms with Crippen molar-refractivity contribution in [3.8, 4) is 17.1 Å². The zero-order chi connectivity index (χ0) is 21.7. The average molecular weight is 425 g/mol. The summed E-state index contributed by atoms with van der Waals surface area (Å²) < 4.78 is 7.33. The third kappa shape index (κ3) is 5.42. The molecule has 0 saturated carbocycles. The maximum absolute atomic E-state index is 12.5. The number of carbonyl (C=O) groups excluding carboxylic acids is 1. The number of benzene rings is 2. The molecule has 0 radical (unpaired) electrons. The van der Waals surface area contributed by atoms with Gasteiger partial charge in [-0.15, -0.1) is 10.2 Å². The number of methoxy groups -OCH3 is 1. The van der Waals surface area contributed by atoms with E-state index < -0.39 is 0 Å². The monoisotopic (exact) mass is 424 g/mol. The minimum Gasteiger partial charge on any atom is -0.497 e. The number of carbonyl (C=O) groups is 1. The second-order valence-electron chi connectivity index (χ2n) is 7.69. The topological polar surface area (TPSA) is 69.0 Å². The number of aryl methyl sites for hydroxylation is 2. The number of ether oxygens (including phenoxy) is 1. The summed E-state index contributed by atoms with van der Waals surface area (Å²) in [5, 5.41) is 12.5. The second-order valence-corrected chi connectivity index (χ2v) is 8.64. The van der Waals surface area contributed by atoms with Gasteiger partial charge in [0.1, 0.15) is 5.75 Å². The highest BCUT2D eigenvalue weighted by Crippen LogP contribution is 2.27. The molecule has 0 bridgehead atoms. The Morgan fingerprint density at radius 3 is 2.53 bits per heavy atom. The van der Waals surface area contributed by atoms with Gasteiger partial charge in [-0.25, -0.2) is 0 Å². The molecule has 2 aromatic carbocycles. The van der Waals surface area contributed by atoms with Gasteiger partial charge in [0.25, 0.3) is 0 Å². The average Bonchev–Trinajstić information content (AvgIpc) is 3.11. The van der Waals surface area contributed by atoms with Crippen LogP contribution in [0.5, 0.6) is 5.75 Å². The molecule has 3 aromatic rings. The molecular formula is C23H28N4O2S. The quantitative estimate of drug-likeness (QED) is 0.518. The van der Waals surface area contributed by atoms with Gasteiger partial charge in [-0.2, -0.15) is 0 Å². The van der Waals surface area contributed by atoms with Crippen molar-refractivity contribution in [1.82, 2.24) is 14.8 Å². The van der Waals surface area contributed by atoms with Crippen LogP contribution in [0.4, 0.5) is 5.69 Å². The SMILES string of the molecule is COc1ccc(-c2nnc(SCC(=O)Nc3cc(C)ccc3C)n2CC(C)C)cc1. The third-order valence-corrected chi connectivity index (χ3v) is 5.58. The standard InChI is InChI=1S/C23H28N4O2S/c1-15(2)13-27-22(18-8-10-19(29-5)11-9-18)25-26-23(27)30-14-21(28)24-20-12-16(3)6-7-17(20)4/h6-12,15H,13-14H2,1-5H3,(H,24,28). The van der Waals surface area contributed by atoms with Gasteiger partial charge < -0.3 is 14.6 Å². The van der Waals surface area contributed by atoms with Gasteiger partial charge in [0.05, 0.1) is 12.9 Å². The first-order chi connectivity index (χ1) is 14.4.